The number of Topliss-reactive ketones (excluding diaryl/α,β-unsaturated/α-hetero) is 1. The number of aliphatic hydroxyl groups is 2. The van der Waals surface area contributed by atoms with Crippen molar-refractivity contribution in [3.8, 4) is 0 Å². The van der Waals surface area contributed by atoms with E-state index in [-0.39, 0.29) is 18.2 Å². The quantitative estimate of drug-likeness (QED) is 0.567. The van der Waals surface area contributed by atoms with Gasteiger partial charge in [0.1, 0.15) is 0 Å². The van der Waals surface area contributed by atoms with Gasteiger partial charge in [-0.1, -0.05) is 0 Å². The summed E-state index contributed by atoms with van der Waals surface area (Å²) in [6.45, 7) is 2.23. The molecule has 0 aromatic heterocycles. The highest BCUT2D eigenvalue weighted by Gasteiger charge is 2.36. The summed E-state index contributed by atoms with van der Waals surface area (Å²) in [5.41, 5.74) is 6.76. The van der Waals surface area contributed by atoms with Crippen molar-refractivity contribution in [3.63, 3.8) is 0 Å². The molecule has 1 aromatic rings. The fourth-order valence-electron chi connectivity index (χ4n) is 2.19. The van der Waals surface area contributed by atoms with Crippen LogP contribution in [-0.4, -0.2) is 34.5 Å². The second-order valence-corrected chi connectivity index (χ2v) is 4.73. The zero-order valence-electron chi connectivity index (χ0n) is 10.7. The lowest BCUT2D eigenvalue weighted by molar-refractivity contribution is -0.149. The Bertz CT molecular complexity index is 446. The topological polar surface area (TPSA) is 86.8 Å². The molecule has 1 unspecified atom stereocenters. The second kappa shape index (κ2) is 5.88. The van der Waals surface area contributed by atoms with Crippen molar-refractivity contribution in [2.75, 3.05) is 11.4 Å². The first-order valence-electron chi connectivity index (χ1n) is 6.04. The average Bonchev–Trinajstić information content (AvgIpc) is 2.68. The molecule has 1 atom stereocenters. The number of nitrogens with zero attached hydrogens (tertiary/aromatic N) is 1. The van der Waals surface area contributed by atoms with Gasteiger partial charge in [-0.15, -0.1) is 12.4 Å². The van der Waals surface area contributed by atoms with Crippen LogP contribution in [0.15, 0.2) is 24.3 Å². The van der Waals surface area contributed by atoms with Crippen LogP contribution in [0, 0.1) is 0 Å². The molecule has 0 amide bonds. The van der Waals surface area contributed by atoms with Gasteiger partial charge in [0, 0.05) is 24.2 Å². The van der Waals surface area contributed by atoms with E-state index in [1.54, 1.807) is 31.2 Å². The number of carbonyl (C=O) groups excluding carboxylic acids is 1. The van der Waals surface area contributed by atoms with Crippen molar-refractivity contribution >= 4 is 23.9 Å². The van der Waals surface area contributed by atoms with Crippen LogP contribution >= 0.6 is 12.4 Å². The summed E-state index contributed by atoms with van der Waals surface area (Å²) in [5, 5.41) is 19.5. The van der Waals surface area contributed by atoms with E-state index in [4.69, 9.17) is 5.73 Å². The van der Waals surface area contributed by atoms with E-state index in [1.807, 2.05) is 0 Å². The first-order valence-corrected chi connectivity index (χ1v) is 6.04. The van der Waals surface area contributed by atoms with Gasteiger partial charge in [0.15, 0.2) is 5.78 Å². The highest BCUT2D eigenvalue weighted by Crippen LogP contribution is 2.30. The molecule has 4 N–H and O–H groups in total. The number of hydrogen-bond acceptors (Lipinski definition) is 5. The minimum absolute atomic E-state index is 0. The summed E-state index contributed by atoms with van der Waals surface area (Å²) >= 11 is 0. The number of halogens is 1. The summed E-state index contributed by atoms with van der Waals surface area (Å²) in [6, 6.07) is 6.21. The number of anilines is 1. The van der Waals surface area contributed by atoms with Gasteiger partial charge < -0.3 is 20.8 Å². The number of carbonyl (C=O) groups is 1. The van der Waals surface area contributed by atoms with Crippen LogP contribution in [0.1, 0.15) is 30.1 Å². The van der Waals surface area contributed by atoms with Crippen LogP contribution < -0.4 is 10.6 Å². The van der Waals surface area contributed by atoms with Crippen molar-refractivity contribution < 1.29 is 15.0 Å². The van der Waals surface area contributed by atoms with Gasteiger partial charge >= 0.3 is 0 Å². The Kier molecular flexibility index (Phi) is 4.92. The van der Waals surface area contributed by atoms with E-state index < -0.39 is 12.0 Å². The van der Waals surface area contributed by atoms with Crippen molar-refractivity contribution in [1.82, 2.24) is 0 Å². The molecule has 2 rings (SSSR count). The monoisotopic (exact) mass is 286 g/mol. The molecule has 1 aliphatic heterocycles. The number of hydrogen-bond donors (Lipinski definition) is 3. The normalized spacial score (nSPS) is 18.8. The van der Waals surface area contributed by atoms with Crippen LogP contribution in [0.25, 0.3) is 0 Å². The van der Waals surface area contributed by atoms with E-state index >= 15 is 0 Å². The number of benzene rings is 1. The maximum Gasteiger partial charge on any atom is 0.246 e. The Morgan fingerprint density at radius 3 is 2.37 bits per heavy atom. The summed E-state index contributed by atoms with van der Waals surface area (Å²) in [4.78, 5) is 13.2. The Morgan fingerprint density at radius 2 is 1.95 bits per heavy atom. The third-order valence-electron chi connectivity index (χ3n) is 3.20. The summed E-state index contributed by atoms with van der Waals surface area (Å²) in [6.07, 6.45) is 1.06. The molecule has 6 heteroatoms. The third kappa shape index (κ3) is 3.25. The maximum atomic E-state index is 11.7. The fourth-order valence-corrected chi connectivity index (χ4v) is 2.19. The Hall–Kier alpha value is -1.14. The molecule has 0 spiro atoms. The van der Waals surface area contributed by atoms with E-state index in [1.165, 1.54) is 4.90 Å². The molecule has 1 heterocycles. The fraction of sp³-hybridized carbons (Fsp3) is 0.462. The van der Waals surface area contributed by atoms with Crippen molar-refractivity contribution in [1.29, 1.82) is 0 Å². The van der Waals surface area contributed by atoms with Gasteiger partial charge in [-0.3, -0.25) is 4.79 Å². The average molecular weight is 287 g/mol. The van der Waals surface area contributed by atoms with Gasteiger partial charge in [0.05, 0.1) is 6.04 Å². The lowest BCUT2D eigenvalue weighted by atomic mass is 10.1. The highest BCUT2D eigenvalue weighted by atomic mass is 35.5. The molecule has 1 aliphatic rings. The van der Waals surface area contributed by atoms with Gasteiger partial charge in [0.25, 0.3) is 0 Å². The van der Waals surface area contributed by atoms with Gasteiger partial charge in [-0.05, 0) is 37.6 Å². The Labute approximate surface area is 118 Å². The van der Waals surface area contributed by atoms with E-state index in [9.17, 15) is 15.0 Å². The molecule has 106 valence electrons. The van der Waals surface area contributed by atoms with Gasteiger partial charge in [-0.25, -0.2) is 0 Å². The SMILES string of the molecule is CC(N)C(=O)c1ccc(N2CCCC2(O)O)cc1.Cl. The Morgan fingerprint density at radius 1 is 1.37 bits per heavy atom. The molecule has 0 saturated carbocycles. The van der Waals surface area contributed by atoms with Crippen molar-refractivity contribution in [3.05, 3.63) is 29.8 Å². The van der Waals surface area contributed by atoms with Crippen molar-refractivity contribution in [2.24, 2.45) is 5.73 Å². The first-order chi connectivity index (χ1) is 8.42. The van der Waals surface area contributed by atoms with E-state index in [0.29, 0.717) is 24.2 Å². The lowest BCUT2D eigenvalue weighted by Crippen LogP contribution is -2.43. The Balaban J connectivity index is 0.00000180. The molecule has 1 fully saturated rings. The number of rotatable bonds is 3. The van der Waals surface area contributed by atoms with Crippen LogP contribution in [0.2, 0.25) is 0 Å². The van der Waals surface area contributed by atoms with Crippen molar-refractivity contribution in [2.45, 2.75) is 31.7 Å². The second-order valence-electron chi connectivity index (χ2n) is 4.73. The lowest BCUT2D eigenvalue weighted by Gasteiger charge is -2.30. The minimum atomic E-state index is -1.79. The molecule has 5 nitrogen and oxygen atoms in total. The number of nitrogens with two attached hydrogens (primary N) is 1. The summed E-state index contributed by atoms with van der Waals surface area (Å²) in [5.74, 6) is -1.91. The van der Waals surface area contributed by atoms with E-state index in [2.05, 4.69) is 0 Å². The smallest absolute Gasteiger partial charge is 0.246 e. The maximum absolute atomic E-state index is 11.7. The molecule has 19 heavy (non-hydrogen) atoms. The van der Waals surface area contributed by atoms with Crippen LogP contribution in [0.4, 0.5) is 5.69 Å². The predicted octanol–water partition coefficient (Wildman–Crippen LogP) is 0.877. The van der Waals surface area contributed by atoms with Gasteiger partial charge in [0.2, 0.25) is 5.91 Å². The standard InChI is InChI=1S/C13H18N2O3.ClH/c1-9(14)12(16)10-3-5-11(6-4-10)15-8-2-7-13(15,17)18;/h3-6,9,17-18H,2,7-8,14H2,1H3;1H. The molecular weight excluding hydrogens is 268 g/mol. The summed E-state index contributed by atoms with van der Waals surface area (Å²) in [7, 11) is 0. The zero-order chi connectivity index (χ0) is 13.3. The van der Waals surface area contributed by atoms with Crippen LogP contribution in [0.5, 0.6) is 0 Å². The first kappa shape index (κ1) is 15.9. The number of ketones is 1. The highest BCUT2D eigenvalue weighted by molar-refractivity contribution is 5.99. The molecule has 0 bridgehead atoms. The molecule has 0 aliphatic carbocycles. The van der Waals surface area contributed by atoms with E-state index in [0.717, 1.165) is 6.42 Å². The molecule has 1 aromatic carbocycles. The molecular formula is C13H19ClN2O3. The zero-order valence-corrected chi connectivity index (χ0v) is 11.6. The van der Waals surface area contributed by atoms with Crippen LogP contribution in [-0.2, 0) is 0 Å². The third-order valence-corrected chi connectivity index (χ3v) is 3.20. The minimum Gasteiger partial charge on any atom is -0.349 e. The summed E-state index contributed by atoms with van der Waals surface area (Å²) < 4.78 is 0. The molecule has 1 saturated heterocycles. The largest absolute Gasteiger partial charge is 0.349 e. The molecule has 0 radical (unpaired) electrons. The predicted molar refractivity (Wildman–Crippen MR) is 75.4 cm³/mol. The van der Waals surface area contributed by atoms with Gasteiger partial charge in [-0.2, -0.15) is 0 Å². The van der Waals surface area contributed by atoms with Crippen LogP contribution in [0.3, 0.4) is 0 Å².